The zero-order valence-electron chi connectivity index (χ0n) is 16.9. The first-order valence-electron chi connectivity index (χ1n) is 9.32. The molecule has 1 heterocycles. The summed E-state index contributed by atoms with van der Waals surface area (Å²) in [5.41, 5.74) is 4.79. The number of hydrazine groups is 1. The quantitative estimate of drug-likeness (QED) is 0.352. The molecule has 10 nitrogen and oxygen atoms in total. The summed E-state index contributed by atoms with van der Waals surface area (Å²) in [5.74, 6) is -2.31. The number of aromatic nitrogens is 1. The minimum absolute atomic E-state index is 0.0726. The molecular formula is C21H20ClN3O7. The molecule has 32 heavy (non-hydrogen) atoms. The van der Waals surface area contributed by atoms with Crippen molar-refractivity contribution >= 4 is 23.5 Å². The first-order valence-corrected chi connectivity index (χ1v) is 9.70. The molecule has 1 amide bonds. The van der Waals surface area contributed by atoms with Gasteiger partial charge in [0.25, 0.3) is 5.88 Å². The first-order chi connectivity index (χ1) is 15.3. The fourth-order valence-corrected chi connectivity index (χ4v) is 3.10. The highest BCUT2D eigenvalue weighted by Gasteiger charge is 2.22. The van der Waals surface area contributed by atoms with Crippen LogP contribution >= 0.6 is 11.6 Å². The van der Waals surface area contributed by atoms with Gasteiger partial charge in [-0.2, -0.15) is 0 Å². The summed E-state index contributed by atoms with van der Waals surface area (Å²) >= 11 is 6.10. The SMILES string of the molecule is COc1ccc(Cl)cc1-c1ccc(CN(C[C@@H](O)C(=O)O)NC(=O)c2cc(O)no2)cc1. The summed E-state index contributed by atoms with van der Waals surface area (Å²) in [4.78, 5) is 23.4. The predicted octanol–water partition coefficient (Wildman–Crippen LogP) is 2.30. The molecule has 0 bridgehead atoms. The number of hydrogen-bond donors (Lipinski definition) is 4. The number of aliphatic hydroxyl groups is 1. The number of hydrogen-bond acceptors (Lipinski definition) is 8. The Hall–Kier alpha value is -3.60. The lowest BCUT2D eigenvalue weighted by molar-refractivity contribution is -0.148. The van der Waals surface area contributed by atoms with E-state index < -0.39 is 30.4 Å². The molecule has 168 valence electrons. The Bertz CT molecular complexity index is 1100. The molecule has 0 aliphatic carbocycles. The Balaban J connectivity index is 1.78. The molecule has 3 rings (SSSR count). The number of carbonyl (C=O) groups is 2. The van der Waals surface area contributed by atoms with Crippen LogP contribution < -0.4 is 10.2 Å². The number of halogens is 1. The van der Waals surface area contributed by atoms with Crippen LogP contribution in [-0.2, 0) is 11.3 Å². The van der Waals surface area contributed by atoms with Crippen molar-refractivity contribution in [2.75, 3.05) is 13.7 Å². The number of rotatable bonds is 9. The van der Waals surface area contributed by atoms with Crippen LogP contribution in [-0.4, -0.2) is 57.1 Å². The molecule has 0 radical (unpaired) electrons. The number of carboxylic acid groups (broad SMARTS) is 1. The summed E-state index contributed by atoms with van der Waals surface area (Å²) in [7, 11) is 1.56. The van der Waals surface area contributed by atoms with Crippen LogP contribution in [0.15, 0.2) is 53.1 Å². The number of aliphatic carboxylic acids is 1. The van der Waals surface area contributed by atoms with Crippen molar-refractivity contribution in [3.63, 3.8) is 0 Å². The van der Waals surface area contributed by atoms with Crippen LogP contribution in [0.2, 0.25) is 5.02 Å². The van der Waals surface area contributed by atoms with Gasteiger partial charge in [-0.15, -0.1) is 0 Å². The van der Waals surface area contributed by atoms with Gasteiger partial charge in [-0.05, 0) is 34.5 Å². The molecule has 0 aliphatic rings. The van der Waals surface area contributed by atoms with E-state index in [1.807, 2.05) is 12.1 Å². The fraction of sp³-hybridized carbons (Fsp3) is 0.190. The predicted molar refractivity (Wildman–Crippen MR) is 113 cm³/mol. The van der Waals surface area contributed by atoms with Crippen molar-refractivity contribution in [1.29, 1.82) is 0 Å². The molecule has 1 atom stereocenters. The maximum absolute atomic E-state index is 12.3. The molecule has 1 aromatic heterocycles. The van der Waals surface area contributed by atoms with Crippen molar-refractivity contribution in [2.24, 2.45) is 0 Å². The number of methoxy groups -OCH3 is 1. The van der Waals surface area contributed by atoms with E-state index in [4.69, 9.17) is 21.4 Å². The number of ether oxygens (including phenoxy) is 1. The lowest BCUT2D eigenvalue weighted by Crippen LogP contribution is -2.47. The molecule has 0 aliphatic heterocycles. The standard InChI is InChI=1S/C21H20ClN3O7/c1-31-17-7-6-14(22)8-15(17)13-4-2-12(3-5-13)10-25(11-16(26)21(29)30)23-20(28)18-9-19(27)24-32-18/h2-9,16,26H,10-11H2,1H3,(H,23,28)(H,24,27)(H,29,30)/t16-/m1/s1. The lowest BCUT2D eigenvalue weighted by atomic mass is 10.0. The number of amides is 1. The van der Waals surface area contributed by atoms with Crippen molar-refractivity contribution in [3.05, 3.63) is 64.9 Å². The van der Waals surface area contributed by atoms with E-state index in [9.17, 15) is 19.8 Å². The second kappa shape index (κ2) is 10.1. The van der Waals surface area contributed by atoms with Crippen molar-refractivity contribution in [3.8, 4) is 22.8 Å². The molecule has 0 fully saturated rings. The maximum atomic E-state index is 12.3. The van der Waals surface area contributed by atoms with E-state index in [2.05, 4.69) is 15.1 Å². The molecular weight excluding hydrogens is 442 g/mol. The largest absolute Gasteiger partial charge is 0.496 e. The van der Waals surface area contributed by atoms with Crippen molar-refractivity contribution in [2.45, 2.75) is 12.6 Å². The minimum Gasteiger partial charge on any atom is -0.496 e. The third kappa shape index (κ3) is 5.76. The van der Waals surface area contributed by atoms with E-state index in [1.165, 1.54) is 5.01 Å². The van der Waals surface area contributed by atoms with Gasteiger partial charge in [-0.3, -0.25) is 10.2 Å². The van der Waals surface area contributed by atoms with Gasteiger partial charge in [-0.25, -0.2) is 9.80 Å². The van der Waals surface area contributed by atoms with Crippen LogP contribution in [0.5, 0.6) is 11.6 Å². The zero-order valence-corrected chi connectivity index (χ0v) is 17.6. The van der Waals surface area contributed by atoms with Gasteiger partial charge in [0.2, 0.25) is 5.76 Å². The molecule has 3 aromatic rings. The minimum atomic E-state index is -1.74. The molecule has 0 saturated carbocycles. The Morgan fingerprint density at radius 2 is 1.94 bits per heavy atom. The topological polar surface area (TPSA) is 145 Å². The van der Waals surface area contributed by atoms with Crippen LogP contribution in [0, 0.1) is 0 Å². The monoisotopic (exact) mass is 461 g/mol. The van der Waals surface area contributed by atoms with Crippen LogP contribution in [0.25, 0.3) is 11.1 Å². The van der Waals surface area contributed by atoms with Crippen molar-refractivity contribution in [1.82, 2.24) is 15.6 Å². The smallest absolute Gasteiger partial charge is 0.333 e. The normalized spacial score (nSPS) is 11.9. The van der Waals surface area contributed by atoms with E-state index >= 15 is 0 Å². The number of carboxylic acids is 1. The van der Waals surface area contributed by atoms with E-state index in [-0.39, 0.29) is 12.3 Å². The molecule has 0 unspecified atom stereocenters. The summed E-state index contributed by atoms with van der Waals surface area (Å²) in [6.07, 6.45) is -1.74. The number of aromatic hydroxyl groups is 1. The number of benzene rings is 2. The maximum Gasteiger partial charge on any atom is 0.333 e. The van der Waals surface area contributed by atoms with E-state index in [0.29, 0.717) is 16.3 Å². The molecule has 4 N–H and O–H groups in total. The zero-order chi connectivity index (χ0) is 23.3. The fourth-order valence-electron chi connectivity index (χ4n) is 2.92. The Kier molecular flexibility index (Phi) is 7.31. The first kappa shape index (κ1) is 23.1. The Morgan fingerprint density at radius 1 is 1.22 bits per heavy atom. The number of aliphatic hydroxyl groups excluding tert-OH is 1. The molecule has 11 heteroatoms. The second-order valence-corrected chi connectivity index (χ2v) is 7.20. The summed E-state index contributed by atoms with van der Waals surface area (Å²) in [5, 5.41) is 33.0. The molecule has 0 spiro atoms. The van der Waals surface area contributed by atoms with Crippen LogP contribution in [0.3, 0.4) is 0 Å². The van der Waals surface area contributed by atoms with E-state index in [1.54, 1.807) is 37.4 Å². The van der Waals surface area contributed by atoms with E-state index in [0.717, 1.165) is 17.2 Å². The van der Waals surface area contributed by atoms with Gasteiger partial charge in [-0.1, -0.05) is 35.9 Å². The third-order valence-electron chi connectivity index (χ3n) is 4.46. The lowest BCUT2D eigenvalue weighted by Gasteiger charge is -2.24. The van der Waals surface area contributed by atoms with Crippen LogP contribution in [0.1, 0.15) is 16.1 Å². The van der Waals surface area contributed by atoms with Crippen LogP contribution in [0.4, 0.5) is 0 Å². The van der Waals surface area contributed by atoms with Gasteiger partial charge in [0.05, 0.1) is 19.7 Å². The van der Waals surface area contributed by atoms with Gasteiger partial charge >= 0.3 is 11.9 Å². The average molecular weight is 462 g/mol. The summed E-state index contributed by atoms with van der Waals surface area (Å²) in [6.45, 7) is -0.325. The van der Waals surface area contributed by atoms with Gasteiger partial charge in [0.15, 0.2) is 6.10 Å². The summed E-state index contributed by atoms with van der Waals surface area (Å²) < 4.78 is 10.1. The number of carbonyl (C=O) groups excluding carboxylic acids is 1. The summed E-state index contributed by atoms with van der Waals surface area (Å²) in [6, 6.07) is 13.5. The average Bonchev–Trinajstić information content (AvgIpc) is 3.20. The molecule has 0 saturated heterocycles. The Morgan fingerprint density at radius 3 is 2.53 bits per heavy atom. The number of nitrogens with one attached hydrogen (secondary N) is 1. The highest BCUT2D eigenvalue weighted by molar-refractivity contribution is 6.31. The Labute approximate surface area is 187 Å². The number of nitrogens with zero attached hydrogens (tertiary/aromatic N) is 2. The van der Waals surface area contributed by atoms with Gasteiger partial charge in [0.1, 0.15) is 5.75 Å². The van der Waals surface area contributed by atoms with Crippen molar-refractivity contribution < 1.29 is 34.2 Å². The molecule has 2 aromatic carbocycles. The second-order valence-electron chi connectivity index (χ2n) is 6.77. The third-order valence-corrected chi connectivity index (χ3v) is 4.69. The highest BCUT2D eigenvalue weighted by Crippen LogP contribution is 2.32. The van der Waals surface area contributed by atoms with Gasteiger partial charge < -0.3 is 24.6 Å². The van der Waals surface area contributed by atoms with Gasteiger partial charge in [0, 0.05) is 17.1 Å². The highest BCUT2D eigenvalue weighted by atomic mass is 35.5.